The molecule has 30 heavy (non-hydrogen) atoms. The van der Waals surface area contributed by atoms with Crippen LogP contribution in [-0.2, 0) is 19.0 Å². The second-order valence-corrected chi connectivity index (χ2v) is 7.60. The molecule has 1 saturated carbocycles. The van der Waals surface area contributed by atoms with Crippen molar-refractivity contribution in [3.05, 3.63) is 35.9 Å². The molecule has 1 heterocycles. The quantitative estimate of drug-likeness (QED) is 0.316. The lowest BCUT2D eigenvalue weighted by atomic mass is 9.94. The predicted molar refractivity (Wildman–Crippen MR) is 104 cm³/mol. The van der Waals surface area contributed by atoms with E-state index in [1.807, 2.05) is 0 Å². The molecule has 9 nitrogen and oxygen atoms in total. The van der Waals surface area contributed by atoms with Crippen LogP contribution in [0.15, 0.2) is 30.3 Å². The van der Waals surface area contributed by atoms with Crippen LogP contribution in [0.2, 0.25) is 0 Å². The molecular weight excluding hydrogens is 396 g/mol. The Labute approximate surface area is 174 Å². The summed E-state index contributed by atoms with van der Waals surface area (Å²) >= 11 is 0. The Bertz CT molecular complexity index is 720. The van der Waals surface area contributed by atoms with Crippen molar-refractivity contribution in [3.8, 4) is 5.75 Å². The first-order valence-electron chi connectivity index (χ1n) is 10.0. The van der Waals surface area contributed by atoms with Gasteiger partial charge in [-0.3, -0.25) is 0 Å². The van der Waals surface area contributed by atoms with Crippen molar-refractivity contribution < 1.29 is 44.5 Å². The smallest absolute Gasteiger partial charge is 0.330 e. The summed E-state index contributed by atoms with van der Waals surface area (Å²) in [6, 6.07) is 6.19. The number of carbonyl (C=O) groups is 1. The van der Waals surface area contributed by atoms with Gasteiger partial charge in [0, 0.05) is 6.08 Å². The zero-order valence-corrected chi connectivity index (χ0v) is 16.4. The van der Waals surface area contributed by atoms with Crippen molar-refractivity contribution in [2.75, 3.05) is 6.61 Å². The predicted octanol–water partition coefficient (Wildman–Crippen LogP) is 0.0763. The molecule has 0 aromatic heterocycles. The number of phenols is 1. The van der Waals surface area contributed by atoms with Gasteiger partial charge in [0.15, 0.2) is 6.29 Å². The Morgan fingerprint density at radius 1 is 1.03 bits per heavy atom. The van der Waals surface area contributed by atoms with E-state index in [2.05, 4.69) is 0 Å². The second kappa shape index (κ2) is 10.3. The molecule has 3 rings (SSSR count). The van der Waals surface area contributed by atoms with Gasteiger partial charge in [-0.2, -0.15) is 0 Å². The van der Waals surface area contributed by atoms with Gasteiger partial charge in [-0.25, -0.2) is 4.79 Å². The lowest BCUT2D eigenvalue weighted by molar-refractivity contribution is -0.319. The first kappa shape index (κ1) is 22.7. The van der Waals surface area contributed by atoms with E-state index in [-0.39, 0.29) is 12.4 Å². The average molecular weight is 424 g/mol. The van der Waals surface area contributed by atoms with E-state index in [9.17, 15) is 30.3 Å². The minimum absolute atomic E-state index is 0.108. The first-order chi connectivity index (χ1) is 14.3. The Balaban J connectivity index is 1.54. The highest BCUT2D eigenvalue weighted by Crippen LogP contribution is 2.28. The summed E-state index contributed by atoms with van der Waals surface area (Å²) < 4.78 is 16.3. The topological polar surface area (TPSA) is 146 Å². The number of hydrogen-bond donors (Lipinski definition) is 5. The highest BCUT2D eigenvalue weighted by atomic mass is 16.7. The van der Waals surface area contributed by atoms with Crippen LogP contribution in [-0.4, -0.2) is 81.0 Å². The zero-order valence-electron chi connectivity index (χ0n) is 16.4. The largest absolute Gasteiger partial charge is 0.508 e. The monoisotopic (exact) mass is 424 g/mol. The third kappa shape index (κ3) is 5.78. The molecule has 166 valence electrons. The Morgan fingerprint density at radius 3 is 2.43 bits per heavy atom. The third-order valence-corrected chi connectivity index (χ3v) is 5.34. The molecule has 0 spiro atoms. The van der Waals surface area contributed by atoms with Crippen molar-refractivity contribution in [2.45, 2.75) is 68.6 Å². The van der Waals surface area contributed by atoms with Crippen LogP contribution in [0.25, 0.3) is 6.08 Å². The van der Waals surface area contributed by atoms with E-state index >= 15 is 0 Å². The van der Waals surface area contributed by atoms with Crippen LogP contribution in [0.3, 0.4) is 0 Å². The van der Waals surface area contributed by atoms with E-state index in [1.165, 1.54) is 24.3 Å². The summed E-state index contributed by atoms with van der Waals surface area (Å²) in [5, 5.41) is 49.8. The number of benzene rings is 1. The van der Waals surface area contributed by atoms with Gasteiger partial charge in [-0.1, -0.05) is 25.0 Å². The number of ether oxygens (including phenoxy) is 3. The normalized spacial score (nSPS) is 34.7. The molecule has 1 aromatic carbocycles. The van der Waals surface area contributed by atoms with Gasteiger partial charge >= 0.3 is 5.97 Å². The second-order valence-electron chi connectivity index (χ2n) is 7.60. The molecule has 9 heteroatoms. The molecule has 2 aliphatic rings. The lowest BCUT2D eigenvalue weighted by Gasteiger charge is -2.42. The molecule has 1 aromatic rings. The Kier molecular flexibility index (Phi) is 7.81. The van der Waals surface area contributed by atoms with Crippen LogP contribution in [0.1, 0.15) is 31.2 Å². The summed E-state index contributed by atoms with van der Waals surface area (Å²) in [7, 11) is 0. The zero-order chi connectivity index (χ0) is 21.7. The number of aliphatic hydroxyl groups excluding tert-OH is 4. The van der Waals surface area contributed by atoms with Gasteiger partial charge in [-0.05, 0) is 36.6 Å². The van der Waals surface area contributed by atoms with Gasteiger partial charge < -0.3 is 39.7 Å². The van der Waals surface area contributed by atoms with Crippen molar-refractivity contribution in [3.63, 3.8) is 0 Å². The molecule has 0 amide bonds. The van der Waals surface area contributed by atoms with Crippen molar-refractivity contribution >= 4 is 12.0 Å². The number of esters is 1. The van der Waals surface area contributed by atoms with Gasteiger partial charge in [0.05, 0.1) is 12.2 Å². The molecular formula is C21H28O9. The molecule has 0 bridgehead atoms. The van der Waals surface area contributed by atoms with Crippen LogP contribution in [0.5, 0.6) is 5.75 Å². The van der Waals surface area contributed by atoms with Gasteiger partial charge in [0.2, 0.25) is 0 Å². The minimum Gasteiger partial charge on any atom is -0.508 e. The fraction of sp³-hybridized carbons (Fsp3) is 0.571. The van der Waals surface area contributed by atoms with E-state index in [1.54, 1.807) is 12.1 Å². The molecule has 5 N–H and O–H groups in total. The Hall–Kier alpha value is -2.01. The van der Waals surface area contributed by atoms with Crippen LogP contribution in [0, 0.1) is 0 Å². The van der Waals surface area contributed by atoms with Gasteiger partial charge in [-0.15, -0.1) is 0 Å². The van der Waals surface area contributed by atoms with Crippen LogP contribution in [0.4, 0.5) is 0 Å². The number of phenolic OH excluding ortho intramolecular Hbond substituents is 1. The number of rotatable bonds is 6. The van der Waals surface area contributed by atoms with E-state index < -0.39 is 48.9 Å². The Morgan fingerprint density at radius 2 is 1.73 bits per heavy atom. The van der Waals surface area contributed by atoms with Crippen molar-refractivity contribution in [1.29, 1.82) is 0 Å². The maximum absolute atomic E-state index is 11.9. The fourth-order valence-electron chi connectivity index (χ4n) is 3.54. The summed E-state index contributed by atoms with van der Waals surface area (Å²) in [4.78, 5) is 11.9. The van der Waals surface area contributed by atoms with E-state index in [4.69, 9.17) is 14.2 Å². The number of aromatic hydroxyl groups is 1. The average Bonchev–Trinajstić information content (AvgIpc) is 2.74. The number of hydrogen-bond acceptors (Lipinski definition) is 9. The molecule has 1 aliphatic carbocycles. The molecule has 1 saturated heterocycles. The first-order valence-corrected chi connectivity index (χ1v) is 10.0. The van der Waals surface area contributed by atoms with E-state index in [0.717, 1.165) is 12.8 Å². The van der Waals surface area contributed by atoms with Crippen LogP contribution >= 0.6 is 0 Å². The fourth-order valence-corrected chi connectivity index (χ4v) is 3.54. The lowest BCUT2D eigenvalue weighted by Crippen LogP contribution is -2.60. The molecule has 0 radical (unpaired) electrons. The number of carbonyl (C=O) groups excluding carboxylic acids is 1. The summed E-state index contributed by atoms with van der Waals surface area (Å²) in [5.74, 6) is -0.587. The molecule has 0 unspecified atom stereocenters. The van der Waals surface area contributed by atoms with Crippen molar-refractivity contribution in [2.24, 2.45) is 0 Å². The number of aliphatic hydroxyl groups is 4. The standard InChI is InChI=1S/C21H28O9/c22-13-8-5-12(6-9-13)7-10-17(24)28-11-16-18(25)19(26)20(27)21(30-16)29-15-4-2-1-3-14(15)23/h5-10,14-16,18-23,25-27H,1-4,11H2/t14-,15-,16+,18+,19-,20+,21+/m0/s1. The summed E-state index contributed by atoms with van der Waals surface area (Å²) in [6.45, 7) is -0.364. The maximum Gasteiger partial charge on any atom is 0.330 e. The SMILES string of the molecule is O=C(C=Cc1ccc(O)cc1)OC[C@H]1O[C@@H](O[C@H]2CCCC[C@@H]2O)[C@H](O)[C@@H](O)[C@@H]1O. The third-order valence-electron chi connectivity index (χ3n) is 5.34. The van der Waals surface area contributed by atoms with E-state index in [0.29, 0.717) is 18.4 Å². The van der Waals surface area contributed by atoms with Gasteiger partial charge in [0.1, 0.15) is 36.8 Å². The minimum atomic E-state index is -1.55. The van der Waals surface area contributed by atoms with Gasteiger partial charge in [0.25, 0.3) is 0 Å². The maximum atomic E-state index is 11.9. The molecule has 1 aliphatic heterocycles. The molecule has 2 fully saturated rings. The van der Waals surface area contributed by atoms with Crippen molar-refractivity contribution in [1.82, 2.24) is 0 Å². The highest BCUT2D eigenvalue weighted by molar-refractivity contribution is 5.87. The highest BCUT2D eigenvalue weighted by Gasteiger charge is 2.46. The van der Waals surface area contributed by atoms with Crippen LogP contribution < -0.4 is 0 Å². The summed E-state index contributed by atoms with van der Waals surface area (Å²) in [5.41, 5.74) is 0.678. The molecule has 7 atom stereocenters. The summed E-state index contributed by atoms with van der Waals surface area (Å²) in [6.07, 6.45) is -2.57.